The zero-order chi connectivity index (χ0) is 10.1. The second-order valence-electron chi connectivity index (χ2n) is 4.38. The first-order valence-corrected chi connectivity index (χ1v) is 4.70. The van der Waals surface area contributed by atoms with Gasteiger partial charge in [-0.25, -0.2) is 0 Å². The number of carbonyl (C=O) groups is 1. The molecule has 0 aromatic rings. The van der Waals surface area contributed by atoms with Crippen molar-refractivity contribution in [3.05, 3.63) is 0 Å². The minimum absolute atomic E-state index is 0.00498. The minimum atomic E-state index is -0.584. The van der Waals surface area contributed by atoms with Gasteiger partial charge < -0.3 is 5.32 Å². The fourth-order valence-corrected chi connectivity index (χ4v) is 1.58. The molecule has 72 valence electrons. The van der Waals surface area contributed by atoms with Crippen molar-refractivity contribution in [3.8, 4) is 6.07 Å². The Hall–Kier alpha value is -1.04. The lowest BCUT2D eigenvalue weighted by molar-refractivity contribution is -0.121. The van der Waals surface area contributed by atoms with Gasteiger partial charge in [-0.15, -0.1) is 0 Å². The maximum atomic E-state index is 11.3. The highest BCUT2D eigenvalue weighted by Gasteiger charge is 2.63. The van der Waals surface area contributed by atoms with E-state index in [0.29, 0.717) is 6.42 Å². The van der Waals surface area contributed by atoms with Crippen LogP contribution in [0, 0.1) is 16.7 Å². The molecule has 0 radical (unpaired) electrons. The van der Waals surface area contributed by atoms with Gasteiger partial charge in [0.2, 0.25) is 5.91 Å². The monoisotopic (exact) mass is 180 g/mol. The number of carbonyl (C=O) groups excluding carboxylic acids is 1. The van der Waals surface area contributed by atoms with Crippen LogP contribution in [0.5, 0.6) is 0 Å². The minimum Gasteiger partial charge on any atom is -0.337 e. The van der Waals surface area contributed by atoms with Crippen molar-refractivity contribution >= 4 is 5.91 Å². The molecule has 0 aliphatic heterocycles. The van der Waals surface area contributed by atoms with Gasteiger partial charge in [0.15, 0.2) is 0 Å². The summed E-state index contributed by atoms with van der Waals surface area (Å²) in [6.07, 6.45) is 2.11. The number of hydrogen-bond acceptors (Lipinski definition) is 2. The van der Waals surface area contributed by atoms with Crippen molar-refractivity contribution in [2.24, 2.45) is 5.41 Å². The Balaban J connectivity index is 2.55. The first-order chi connectivity index (χ1) is 5.97. The number of hydrogen-bond donors (Lipinski definition) is 1. The Morgan fingerprint density at radius 2 is 2.15 bits per heavy atom. The summed E-state index contributed by atoms with van der Waals surface area (Å²) < 4.78 is 0. The molecule has 1 rings (SSSR count). The van der Waals surface area contributed by atoms with Crippen LogP contribution in [0.25, 0.3) is 0 Å². The fraction of sp³-hybridized carbons (Fsp3) is 0.800. The molecule has 0 heterocycles. The highest BCUT2D eigenvalue weighted by atomic mass is 16.1. The van der Waals surface area contributed by atoms with Crippen molar-refractivity contribution in [2.45, 2.75) is 45.6 Å². The van der Waals surface area contributed by atoms with E-state index in [-0.39, 0.29) is 11.3 Å². The van der Waals surface area contributed by atoms with Crippen LogP contribution in [0.2, 0.25) is 0 Å². The SMILES string of the molecule is CCCC(=O)NC1(C#N)CC1(C)C. The molecule has 1 saturated carbocycles. The first-order valence-electron chi connectivity index (χ1n) is 4.70. The molecule has 3 nitrogen and oxygen atoms in total. The zero-order valence-electron chi connectivity index (χ0n) is 8.48. The smallest absolute Gasteiger partial charge is 0.221 e. The van der Waals surface area contributed by atoms with Gasteiger partial charge >= 0.3 is 0 Å². The molecular weight excluding hydrogens is 164 g/mol. The second-order valence-corrected chi connectivity index (χ2v) is 4.38. The number of amides is 1. The van der Waals surface area contributed by atoms with Crippen LogP contribution in [0.1, 0.15) is 40.0 Å². The third-order valence-corrected chi connectivity index (χ3v) is 2.76. The topological polar surface area (TPSA) is 52.9 Å². The van der Waals surface area contributed by atoms with E-state index in [1.165, 1.54) is 0 Å². The van der Waals surface area contributed by atoms with Gasteiger partial charge in [-0.3, -0.25) is 4.79 Å². The molecule has 1 aliphatic rings. The summed E-state index contributed by atoms with van der Waals surface area (Å²) in [6.45, 7) is 5.96. The quantitative estimate of drug-likeness (QED) is 0.717. The number of nitriles is 1. The molecule has 0 aromatic heterocycles. The third-order valence-electron chi connectivity index (χ3n) is 2.76. The zero-order valence-corrected chi connectivity index (χ0v) is 8.48. The lowest BCUT2D eigenvalue weighted by atomic mass is 10.1. The van der Waals surface area contributed by atoms with E-state index in [4.69, 9.17) is 5.26 Å². The molecule has 0 aromatic carbocycles. The van der Waals surface area contributed by atoms with Crippen LogP contribution in [-0.4, -0.2) is 11.4 Å². The molecule has 1 amide bonds. The Labute approximate surface area is 79.1 Å². The summed E-state index contributed by atoms with van der Waals surface area (Å²) in [5.41, 5.74) is -0.635. The van der Waals surface area contributed by atoms with E-state index in [9.17, 15) is 4.79 Å². The van der Waals surface area contributed by atoms with Crippen molar-refractivity contribution in [1.82, 2.24) is 5.32 Å². The lowest BCUT2D eigenvalue weighted by Gasteiger charge is -2.13. The highest BCUT2D eigenvalue weighted by molar-refractivity contribution is 5.78. The Kier molecular flexibility index (Phi) is 2.34. The van der Waals surface area contributed by atoms with Crippen LogP contribution in [0.4, 0.5) is 0 Å². The molecule has 0 spiro atoms. The maximum absolute atomic E-state index is 11.3. The average molecular weight is 180 g/mol. The predicted molar refractivity (Wildman–Crippen MR) is 49.8 cm³/mol. The second kappa shape index (κ2) is 3.02. The van der Waals surface area contributed by atoms with E-state index in [0.717, 1.165) is 12.8 Å². The van der Waals surface area contributed by atoms with Gasteiger partial charge in [0, 0.05) is 11.8 Å². The number of nitrogens with zero attached hydrogens (tertiary/aromatic N) is 1. The summed E-state index contributed by atoms with van der Waals surface area (Å²) in [7, 11) is 0. The van der Waals surface area contributed by atoms with E-state index < -0.39 is 5.54 Å². The standard InChI is InChI=1S/C10H16N2O/c1-4-5-8(13)12-10(7-11)6-9(10,2)3/h4-6H2,1-3H3,(H,12,13). The van der Waals surface area contributed by atoms with Gasteiger partial charge in [-0.1, -0.05) is 20.8 Å². The van der Waals surface area contributed by atoms with Gasteiger partial charge in [0.1, 0.15) is 5.54 Å². The molecule has 0 bridgehead atoms. The highest BCUT2D eigenvalue weighted by Crippen LogP contribution is 2.55. The molecule has 0 saturated heterocycles. The Bertz CT molecular complexity index is 265. The van der Waals surface area contributed by atoms with Crippen LogP contribution < -0.4 is 5.32 Å². The van der Waals surface area contributed by atoms with Gasteiger partial charge in [0.25, 0.3) is 0 Å². The third kappa shape index (κ3) is 1.67. The molecule has 1 N–H and O–H groups in total. The van der Waals surface area contributed by atoms with Gasteiger partial charge in [-0.2, -0.15) is 5.26 Å². The summed E-state index contributed by atoms with van der Waals surface area (Å²) in [5.74, 6) is -0.00498. The van der Waals surface area contributed by atoms with Crippen LogP contribution in [0.3, 0.4) is 0 Å². The molecule has 1 fully saturated rings. The molecule has 1 unspecified atom stereocenters. The average Bonchev–Trinajstić information content (AvgIpc) is 2.54. The van der Waals surface area contributed by atoms with E-state index >= 15 is 0 Å². The van der Waals surface area contributed by atoms with Gasteiger partial charge in [-0.05, 0) is 12.8 Å². The Morgan fingerprint density at radius 3 is 2.46 bits per heavy atom. The largest absolute Gasteiger partial charge is 0.337 e. The first kappa shape index (κ1) is 10.0. The van der Waals surface area contributed by atoms with Crippen LogP contribution in [-0.2, 0) is 4.79 Å². The summed E-state index contributed by atoms with van der Waals surface area (Å²) >= 11 is 0. The molecular formula is C10H16N2O. The Morgan fingerprint density at radius 1 is 1.62 bits per heavy atom. The van der Waals surface area contributed by atoms with Crippen molar-refractivity contribution in [1.29, 1.82) is 5.26 Å². The van der Waals surface area contributed by atoms with Crippen molar-refractivity contribution in [3.63, 3.8) is 0 Å². The van der Waals surface area contributed by atoms with Crippen molar-refractivity contribution in [2.75, 3.05) is 0 Å². The fourth-order valence-electron chi connectivity index (χ4n) is 1.58. The summed E-state index contributed by atoms with van der Waals surface area (Å²) in [4.78, 5) is 11.3. The van der Waals surface area contributed by atoms with E-state index in [2.05, 4.69) is 11.4 Å². The molecule has 1 atom stereocenters. The van der Waals surface area contributed by atoms with E-state index in [1.807, 2.05) is 20.8 Å². The summed E-state index contributed by atoms with van der Waals surface area (Å²) in [6, 6.07) is 2.20. The van der Waals surface area contributed by atoms with Gasteiger partial charge in [0.05, 0.1) is 6.07 Å². The molecule has 1 aliphatic carbocycles. The molecule has 3 heteroatoms. The van der Waals surface area contributed by atoms with Crippen molar-refractivity contribution < 1.29 is 4.79 Å². The number of rotatable bonds is 3. The lowest BCUT2D eigenvalue weighted by Crippen LogP contribution is -2.39. The van der Waals surface area contributed by atoms with E-state index in [1.54, 1.807) is 0 Å². The normalized spacial score (nSPS) is 29.1. The van der Waals surface area contributed by atoms with Crippen LogP contribution in [0.15, 0.2) is 0 Å². The maximum Gasteiger partial charge on any atom is 0.221 e. The predicted octanol–water partition coefficient (Wildman–Crippen LogP) is 1.59. The number of nitrogens with one attached hydrogen (secondary N) is 1. The molecule has 13 heavy (non-hydrogen) atoms. The summed E-state index contributed by atoms with van der Waals surface area (Å²) in [5, 5.41) is 11.8. The van der Waals surface area contributed by atoms with Crippen LogP contribution >= 0.6 is 0 Å².